The molecule has 4 nitrogen and oxygen atoms in total. The van der Waals surface area contributed by atoms with Crippen LogP contribution in [0, 0.1) is 4.77 Å². The van der Waals surface area contributed by atoms with Crippen molar-refractivity contribution < 1.29 is 0 Å². The van der Waals surface area contributed by atoms with Crippen LogP contribution < -0.4 is 0 Å². The third-order valence-corrected chi connectivity index (χ3v) is 3.39. The van der Waals surface area contributed by atoms with Gasteiger partial charge in [0.25, 0.3) is 0 Å². The first kappa shape index (κ1) is 11.5. The minimum atomic E-state index is 0.691. The van der Waals surface area contributed by atoms with Crippen molar-refractivity contribution in [3.05, 3.63) is 45.9 Å². The quantitative estimate of drug-likeness (QED) is 0.732. The smallest absolute Gasteiger partial charge is 0.178 e. The summed E-state index contributed by atoms with van der Waals surface area (Å²) >= 11 is 11.3. The molecular formula is C12H11ClN4S. The first-order chi connectivity index (χ1) is 8.63. The van der Waals surface area contributed by atoms with Gasteiger partial charge in [0.05, 0.1) is 23.8 Å². The predicted molar refractivity (Wildman–Crippen MR) is 74.4 cm³/mol. The normalized spacial score (nSPS) is 11.2. The minimum absolute atomic E-state index is 0.691. The second kappa shape index (κ2) is 4.26. The van der Waals surface area contributed by atoms with Gasteiger partial charge in [0.2, 0.25) is 0 Å². The molecule has 0 aliphatic carbocycles. The number of fused-ring (bicyclic) bond motifs is 1. The van der Waals surface area contributed by atoms with Gasteiger partial charge in [-0.25, -0.2) is 0 Å². The lowest BCUT2D eigenvalue weighted by molar-refractivity contribution is 0.763. The standard InChI is InChI=1S/C12H11ClN4S/c1-16-6-8(5-14-16)7-17-11-3-2-9(13)4-10(11)15-12(17)18/h2-6H,7H2,1H3,(H,15,18). The van der Waals surface area contributed by atoms with Crippen LogP contribution in [0.3, 0.4) is 0 Å². The molecular weight excluding hydrogens is 268 g/mol. The van der Waals surface area contributed by atoms with Crippen LogP contribution in [0.5, 0.6) is 0 Å². The Morgan fingerprint density at radius 1 is 1.44 bits per heavy atom. The summed E-state index contributed by atoms with van der Waals surface area (Å²) < 4.78 is 4.51. The van der Waals surface area contributed by atoms with E-state index in [1.165, 1.54) is 0 Å². The average Bonchev–Trinajstić information content (AvgIpc) is 2.84. The van der Waals surface area contributed by atoms with Gasteiger partial charge in [-0.15, -0.1) is 0 Å². The lowest BCUT2D eigenvalue weighted by Gasteiger charge is -2.02. The van der Waals surface area contributed by atoms with Crippen LogP contribution in [0.2, 0.25) is 5.02 Å². The maximum absolute atomic E-state index is 5.97. The predicted octanol–water partition coefficient (Wildman–Crippen LogP) is 3.13. The van der Waals surface area contributed by atoms with Crippen molar-refractivity contribution in [2.45, 2.75) is 6.54 Å². The van der Waals surface area contributed by atoms with Gasteiger partial charge in [-0.05, 0) is 30.4 Å². The number of hydrogen-bond acceptors (Lipinski definition) is 2. The summed E-state index contributed by atoms with van der Waals surface area (Å²) in [6, 6.07) is 5.72. The highest BCUT2D eigenvalue weighted by Crippen LogP contribution is 2.20. The molecule has 3 aromatic rings. The number of nitrogens with one attached hydrogen (secondary N) is 1. The van der Waals surface area contributed by atoms with Crippen LogP contribution in [0.15, 0.2) is 30.6 Å². The molecule has 0 atom stereocenters. The Morgan fingerprint density at radius 2 is 2.28 bits per heavy atom. The molecule has 3 rings (SSSR count). The lowest BCUT2D eigenvalue weighted by atomic mass is 10.3. The number of rotatable bonds is 2. The molecule has 0 unspecified atom stereocenters. The summed E-state index contributed by atoms with van der Waals surface area (Å²) in [6.07, 6.45) is 3.83. The summed E-state index contributed by atoms with van der Waals surface area (Å²) in [6.45, 7) is 0.703. The molecule has 0 aliphatic heterocycles. The summed E-state index contributed by atoms with van der Waals surface area (Å²) in [4.78, 5) is 3.16. The summed E-state index contributed by atoms with van der Waals surface area (Å²) in [5, 5.41) is 4.86. The van der Waals surface area contributed by atoms with Crippen molar-refractivity contribution in [2.75, 3.05) is 0 Å². The molecule has 18 heavy (non-hydrogen) atoms. The van der Waals surface area contributed by atoms with Gasteiger partial charge >= 0.3 is 0 Å². The number of imidazole rings is 1. The fourth-order valence-electron chi connectivity index (χ4n) is 2.03. The van der Waals surface area contributed by atoms with E-state index in [0.717, 1.165) is 16.6 Å². The van der Waals surface area contributed by atoms with Crippen LogP contribution in [0.1, 0.15) is 5.56 Å². The highest BCUT2D eigenvalue weighted by Gasteiger charge is 2.06. The van der Waals surface area contributed by atoms with Crippen LogP contribution >= 0.6 is 23.8 Å². The van der Waals surface area contributed by atoms with E-state index in [2.05, 4.69) is 10.1 Å². The molecule has 2 heterocycles. The van der Waals surface area contributed by atoms with Gasteiger partial charge in [-0.1, -0.05) is 11.6 Å². The van der Waals surface area contributed by atoms with Gasteiger partial charge in [0.1, 0.15) is 0 Å². The van der Waals surface area contributed by atoms with Crippen LogP contribution in [0.25, 0.3) is 11.0 Å². The van der Waals surface area contributed by atoms with Crippen molar-refractivity contribution >= 4 is 34.9 Å². The molecule has 2 aromatic heterocycles. The van der Waals surface area contributed by atoms with Gasteiger partial charge in [0, 0.05) is 23.8 Å². The maximum atomic E-state index is 5.97. The molecule has 0 spiro atoms. The lowest BCUT2D eigenvalue weighted by Crippen LogP contribution is -1.98. The molecule has 1 aromatic carbocycles. The van der Waals surface area contributed by atoms with Crippen molar-refractivity contribution in [1.82, 2.24) is 19.3 Å². The molecule has 6 heteroatoms. The first-order valence-electron chi connectivity index (χ1n) is 5.49. The summed E-state index contributed by atoms with van der Waals surface area (Å²) in [7, 11) is 1.90. The number of nitrogens with zero attached hydrogens (tertiary/aromatic N) is 3. The SMILES string of the molecule is Cn1cc(Cn2c(=S)[nH]c3cc(Cl)ccc32)cn1. The van der Waals surface area contributed by atoms with E-state index < -0.39 is 0 Å². The Bertz CT molecular complexity index is 768. The molecule has 0 saturated carbocycles. The number of H-pyrrole nitrogens is 1. The molecule has 0 amide bonds. The van der Waals surface area contributed by atoms with E-state index in [4.69, 9.17) is 23.8 Å². The number of hydrogen-bond donors (Lipinski definition) is 1. The third-order valence-electron chi connectivity index (χ3n) is 2.84. The molecule has 92 valence electrons. The van der Waals surface area contributed by atoms with Gasteiger partial charge in [0.15, 0.2) is 4.77 Å². The molecule has 0 bridgehead atoms. The Hall–Kier alpha value is -1.59. The van der Waals surface area contributed by atoms with Crippen molar-refractivity contribution in [3.8, 4) is 0 Å². The topological polar surface area (TPSA) is 38.5 Å². The zero-order chi connectivity index (χ0) is 12.7. The fraction of sp³-hybridized carbons (Fsp3) is 0.167. The molecule has 1 N–H and O–H groups in total. The van der Waals surface area contributed by atoms with Crippen LogP contribution in [0.4, 0.5) is 0 Å². The number of benzene rings is 1. The van der Waals surface area contributed by atoms with Gasteiger partial charge in [-0.3, -0.25) is 4.68 Å². The molecule has 0 fully saturated rings. The van der Waals surface area contributed by atoms with E-state index in [-0.39, 0.29) is 0 Å². The zero-order valence-electron chi connectivity index (χ0n) is 9.72. The largest absolute Gasteiger partial charge is 0.331 e. The average molecular weight is 279 g/mol. The van der Waals surface area contributed by atoms with Crippen molar-refractivity contribution in [2.24, 2.45) is 7.05 Å². The monoisotopic (exact) mass is 278 g/mol. The van der Waals surface area contributed by atoms with E-state index in [1.807, 2.05) is 42.2 Å². The zero-order valence-corrected chi connectivity index (χ0v) is 11.3. The Balaban J connectivity index is 2.11. The van der Waals surface area contributed by atoms with E-state index in [1.54, 1.807) is 4.68 Å². The minimum Gasteiger partial charge on any atom is -0.331 e. The summed E-state index contributed by atoms with van der Waals surface area (Å²) in [5.41, 5.74) is 3.12. The van der Waals surface area contributed by atoms with E-state index in [0.29, 0.717) is 16.3 Å². The fourth-order valence-corrected chi connectivity index (χ4v) is 2.47. The number of aromatic nitrogens is 4. The number of aromatic amines is 1. The number of halogens is 1. The second-order valence-corrected chi connectivity index (χ2v) is 5.02. The molecule has 0 aliphatic rings. The van der Waals surface area contributed by atoms with Gasteiger partial charge in [-0.2, -0.15) is 5.10 Å². The Labute approximate surface area is 114 Å². The first-order valence-corrected chi connectivity index (χ1v) is 6.28. The second-order valence-electron chi connectivity index (χ2n) is 4.20. The highest BCUT2D eigenvalue weighted by molar-refractivity contribution is 7.71. The molecule has 0 saturated heterocycles. The van der Waals surface area contributed by atoms with Crippen LogP contribution in [-0.2, 0) is 13.6 Å². The van der Waals surface area contributed by atoms with E-state index >= 15 is 0 Å². The third kappa shape index (κ3) is 1.95. The Morgan fingerprint density at radius 3 is 3.00 bits per heavy atom. The molecule has 0 radical (unpaired) electrons. The number of aryl methyl sites for hydroxylation is 1. The maximum Gasteiger partial charge on any atom is 0.178 e. The van der Waals surface area contributed by atoms with Gasteiger partial charge < -0.3 is 9.55 Å². The highest BCUT2D eigenvalue weighted by atomic mass is 35.5. The van der Waals surface area contributed by atoms with E-state index in [9.17, 15) is 0 Å². The van der Waals surface area contributed by atoms with Crippen molar-refractivity contribution in [1.29, 1.82) is 0 Å². The van der Waals surface area contributed by atoms with Crippen molar-refractivity contribution in [3.63, 3.8) is 0 Å². The van der Waals surface area contributed by atoms with Crippen LogP contribution in [-0.4, -0.2) is 19.3 Å². The Kier molecular flexibility index (Phi) is 2.72. The summed E-state index contributed by atoms with van der Waals surface area (Å²) in [5.74, 6) is 0.